The van der Waals surface area contributed by atoms with Crippen molar-refractivity contribution < 1.29 is 19.4 Å². The summed E-state index contributed by atoms with van der Waals surface area (Å²) < 4.78 is 5.91. The maximum Gasteiger partial charge on any atom is 0.251 e. The van der Waals surface area contributed by atoms with Crippen LogP contribution in [0.2, 0.25) is 0 Å². The minimum atomic E-state index is -0.504. The van der Waals surface area contributed by atoms with Crippen LogP contribution < -0.4 is 10.6 Å². The molecular weight excluding hydrogens is 358 g/mol. The maximum absolute atomic E-state index is 12.3. The molecular formula is C21H31N3O4. The molecule has 0 aromatic carbocycles. The zero-order valence-electron chi connectivity index (χ0n) is 16.3. The molecule has 7 heteroatoms. The predicted molar refractivity (Wildman–Crippen MR) is 105 cm³/mol. The number of rotatable bonds is 7. The van der Waals surface area contributed by atoms with Crippen LogP contribution in [-0.4, -0.2) is 53.3 Å². The van der Waals surface area contributed by atoms with Gasteiger partial charge in [0.25, 0.3) is 5.91 Å². The summed E-state index contributed by atoms with van der Waals surface area (Å²) in [5, 5.41) is 15.6. The van der Waals surface area contributed by atoms with Crippen LogP contribution >= 0.6 is 0 Å². The first-order valence-corrected chi connectivity index (χ1v) is 10.4. The zero-order valence-corrected chi connectivity index (χ0v) is 16.3. The molecule has 3 N–H and O–H groups in total. The fraction of sp³-hybridized carbons (Fsp3) is 0.667. The Bertz CT molecular complexity index is 634. The molecule has 1 aromatic heterocycles. The topological polar surface area (TPSA) is 101 Å². The van der Waals surface area contributed by atoms with E-state index in [9.17, 15) is 14.7 Å². The van der Waals surface area contributed by atoms with E-state index in [1.54, 1.807) is 24.5 Å². The number of pyridine rings is 1. The van der Waals surface area contributed by atoms with E-state index in [1.165, 1.54) is 32.1 Å². The Kier molecular flexibility index (Phi) is 7.80. The van der Waals surface area contributed by atoms with Gasteiger partial charge in [-0.3, -0.25) is 14.6 Å². The average molecular weight is 389 g/mol. The second-order valence-corrected chi connectivity index (χ2v) is 7.88. The van der Waals surface area contributed by atoms with Crippen LogP contribution in [0.15, 0.2) is 24.5 Å². The van der Waals surface area contributed by atoms with E-state index in [4.69, 9.17) is 4.74 Å². The lowest BCUT2D eigenvalue weighted by molar-refractivity contribution is -0.131. The number of nitrogens with zero attached hydrogens (tertiary/aromatic N) is 1. The van der Waals surface area contributed by atoms with E-state index < -0.39 is 6.10 Å². The maximum atomic E-state index is 12.3. The van der Waals surface area contributed by atoms with Crippen molar-refractivity contribution in [2.45, 2.75) is 69.6 Å². The fourth-order valence-electron chi connectivity index (χ4n) is 4.13. The molecule has 154 valence electrons. The molecule has 2 fully saturated rings. The van der Waals surface area contributed by atoms with Crippen LogP contribution in [0.3, 0.4) is 0 Å². The third-order valence-corrected chi connectivity index (χ3v) is 5.78. The number of aliphatic hydroxyl groups excluding tert-OH is 1. The summed E-state index contributed by atoms with van der Waals surface area (Å²) in [7, 11) is 0. The Morgan fingerprint density at radius 2 is 1.86 bits per heavy atom. The van der Waals surface area contributed by atoms with E-state index in [0.717, 1.165) is 6.54 Å². The van der Waals surface area contributed by atoms with Gasteiger partial charge < -0.3 is 20.5 Å². The number of aliphatic hydroxyl groups is 1. The molecule has 0 spiro atoms. The third kappa shape index (κ3) is 6.01. The molecule has 0 radical (unpaired) electrons. The van der Waals surface area contributed by atoms with Crippen LogP contribution in [0, 0.1) is 5.92 Å². The van der Waals surface area contributed by atoms with Crippen molar-refractivity contribution in [1.29, 1.82) is 0 Å². The van der Waals surface area contributed by atoms with Gasteiger partial charge in [-0.2, -0.15) is 0 Å². The Balaban J connectivity index is 1.43. The summed E-state index contributed by atoms with van der Waals surface area (Å²) in [6.45, 7) is 0.557. The Morgan fingerprint density at radius 1 is 1.11 bits per heavy atom. The van der Waals surface area contributed by atoms with Crippen LogP contribution in [0.4, 0.5) is 0 Å². The summed E-state index contributed by atoms with van der Waals surface area (Å²) in [6.07, 6.45) is 10.3. The Hall–Kier alpha value is -1.99. The van der Waals surface area contributed by atoms with Gasteiger partial charge in [-0.05, 0) is 43.7 Å². The molecule has 1 aromatic rings. The molecule has 7 nitrogen and oxygen atoms in total. The van der Waals surface area contributed by atoms with Crippen LogP contribution in [0.25, 0.3) is 0 Å². The molecule has 0 bridgehead atoms. The molecule has 2 heterocycles. The molecule has 3 rings (SSSR count). The normalized spacial score (nSPS) is 25.8. The average Bonchev–Trinajstić information content (AvgIpc) is 2.74. The standard InChI is InChI=1S/C21H31N3O4/c25-14-19-18(24-21(27)16-8-10-22-11-9-16)7-6-17(28-19)12-20(26)23-13-15-4-2-1-3-5-15/h8-11,15,17-19,25H,1-7,12-14H2,(H,23,26)(H,24,27)/t17-,18+,19+/m1/s1. The number of hydrogen-bond acceptors (Lipinski definition) is 5. The lowest BCUT2D eigenvalue weighted by atomic mass is 9.89. The Morgan fingerprint density at radius 3 is 2.57 bits per heavy atom. The first kappa shape index (κ1) is 20.7. The minimum absolute atomic E-state index is 0.00605. The molecule has 28 heavy (non-hydrogen) atoms. The van der Waals surface area contributed by atoms with Crippen molar-refractivity contribution in [1.82, 2.24) is 15.6 Å². The summed E-state index contributed by atoms with van der Waals surface area (Å²) in [6, 6.07) is 3.02. The molecule has 1 saturated heterocycles. The monoisotopic (exact) mass is 389 g/mol. The van der Waals surface area contributed by atoms with Gasteiger partial charge in [0.15, 0.2) is 0 Å². The van der Waals surface area contributed by atoms with Crippen molar-refractivity contribution in [3.8, 4) is 0 Å². The van der Waals surface area contributed by atoms with Gasteiger partial charge in [0, 0.05) is 24.5 Å². The highest BCUT2D eigenvalue weighted by molar-refractivity contribution is 5.94. The van der Waals surface area contributed by atoms with Crippen molar-refractivity contribution in [3.63, 3.8) is 0 Å². The summed E-state index contributed by atoms with van der Waals surface area (Å²) in [4.78, 5) is 28.5. The van der Waals surface area contributed by atoms with E-state index in [2.05, 4.69) is 15.6 Å². The summed E-state index contributed by atoms with van der Waals surface area (Å²) >= 11 is 0. The van der Waals surface area contributed by atoms with Crippen molar-refractivity contribution in [3.05, 3.63) is 30.1 Å². The highest BCUT2D eigenvalue weighted by Gasteiger charge is 2.33. The summed E-state index contributed by atoms with van der Waals surface area (Å²) in [5.74, 6) is 0.396. The highest BCUT2D eigenvalue weighted by Crippen LogP contribution is 2.24. The van der Waals surface area contributed by atoms with Crippen molar-refractivity contribution in [2.75, 3.05) is 13.2 Å². The van der Waals surface area contributed by atoms with Crippen LogP contribution in [-0.2, 0) is 9.53 Å². The number of carbonyl (C=O) groups excluding carboxylic acids is 2. The fourth-order valence-corrected chi connectivity index (χ4v) is 4.13. The number of carbonyl (C=O) groups is 2. The van der Waals surface area contributed by atoms with Gasteiger partial charge in [-0.15, -0.1) is 0 Å². The predicted octanol–water partition coefficient (Wildman–Crippen LogP) is 1.81. The SMILES string of the molecule is O=C(C[C@H]1CC[C@H](NC(=O)c2ccncc2)[C@H](CO)O1)NCC1CCCCC1. The largest absolute Gasteiger partial charge is 0.394 e. The van der Waals surface area contributed by atoms with Gasteiger partial charge in [0.1, 0.15) is 6.10 Å². The molecule has 2 amide bonds. The summed E-state index contributed by atoms with van der Waals surface area (Å²) in [5.41, 5.74) is 0.524. The second-order valence-electron chi connectivity index (χ2n) is 7.88. The number of nitrogens with one attached hydrogen (secondary N) is 2. The van der Waals surface area contributed by atoms with E-state index in [1.807, 2.05) is 0 Å². The van der Waals surface area contributed by atoms with Gasteiger partial charge in [0.2, 0.25) is 5.91 Å². The molecule has 1 aliphatic carbocycles. The van der Waals surface area contributed by atoms with E-state index in [0.29, 0.717) is 30.7 Å². The molecule has 2 aliphatic rings. The van der Waals surface area contributed by atoms with E-state index >= 15 is 0 Å². The van der Waals surface area contributed by atoms with Gasteiger partial charge >= 0.3 is 0 Å². The first-order valence-electron chi connectivity index (χ1n) is 10.4. The smallest absolute Gasteiger partial charge is 0.251 e. The zero-order chi connectivity index (χ0) is 19.8. The Labute approximate surface area is 166 Å². The third-order valence-electron chi connectivity index (χ3n) is 5.78. The van der Waals surface area contributed by atoms with Crippen LogP contribution in [0.1, 0.15) is 61.7 Å². The molecule has 1 aliphatic heterocycles. The number of aromatic nitrogens is 1. The molecule has 3 atom stereocenters. The quantitative estimate of drug-likeness (QED) is 0.660. The van der Waals surface area contributed by atoms with E-state index in [-0.39, 0.29) is 30.6 Å². The lowest BCUT2D eigenvalue weighted by Crippen LogP contribution is -2.51. The van der Waals surface area contributed by atoms with Gasteiger partial charge in [-0.1, -0.05) is 19.3 Å². The van der Waals surface area contributed by atoms with Crippen molar-refractivity contribution >= 4 is 11.8 Å². The highest BCUT2D eigenvalue weighted by atomic mass is 16.5. The van der Waals surface area contributed by atoms with Gasteiger partial charge in [0.05, 0.1) is 25.2 Å². The first-order chi connectivity index (χ1) is 13.7. The minimum Gasteiger partial charge on any atom is -0.394 e. The second kappa shape index (κ2) is 10.5. The number of hydrogen-bond donors (Lipinski definition) is 3. The van der Waals surface area contributed by atoms with Crippen LogP contribution in [0.5, 0.6) is 0 Å². The molecule has 0 unspecified atom stereocenters. The van der Waals surface area contributed by atoms with Crippen molar-refractivity contribution in [2.24, 2.45) is 5.92 Å². The number of ether oxygens (including phenoxy) is 1. The number of amides is 2. The van der Waals surface area contributed by atoms with Gasteiger partial charge in [-0.25, -0.2) is 0 Å². The lowest BCUT2D eigenvalue weighted by Gasteiger charge is -2.36. The molecule has 1 saturated carbocycles.